The highest BCUT2D eigenvalue weighted by Crippen LogP contribution is 2.28. The Morgan fingerprint density at radius 3 is 2.58 bits per heavy atom. The van der Waals surface area contributed by atoms with E-state index in [2.05, 4.69) is 10.5 Å². The number of carbonyl (C=O) groups excluding carboxylic acids is 1. The molecule has 0 saturated carbocycles. The summed E-state index contributed by atoms with van der Waals surface area (Å²) in [5.41, 5.74) is 1.86. The summed E-state index contributed by atoms with van der Waals surface area (Å²) >= 11 is 0. The number of nitro groups is 1. The summed E-state index contributed by atoms with van der Waals surface area (Å²) in [6.45, 7) is 1.99. The number of para-hydroxylation sites is 3. The number of hydrogen-bond acceptors (Lipinski definition) is 7. The van der Waals surface area contributed by atoms with Crippen LogP contribution < -0.4 is 14.9 Å². The van der Waals surface area contributed by atoms with Gasteiger partial charge in [0, 0.05) is 11.6 Å². The fraction of sp³-hybridized carbons (Fsp3) is 0.176. The van der Waals surface area contributed by atoms with Crippen molar-refractivity contribution in [3.05, 3.63) is 58.1 Å². The minimum atomic E-state index is -0.713. The van der Waals surface area contributed by atoms with Crippen LogP contribution in [0.2, 0.25) is 0 Å². The van der Waals surface area contributed by atoms with Crippen molar-refractivity contribution in [1.29, 1.82) is 0 Å². The Bertz CT molecular complexity index is 822. The molecule has 2 rings (SSSR count). The highest BCUT2D eigenvalue weighted by Gasteiger charge is 2.15. The first-order chi connectivity index (χ1) is 12.5. The second-order valence-corrected chi connectivity index (χ2v) is 4.93. The number of nitrogens with one attached hydrogen (secondary N) is 1. The van der Waals surface area contributed by atoms with E-state index in [0.717, 1.165) is 12.3 Å². The standard InChI is InChI=1S/C17H17N3O6/c1-2-25-14-8-3-4-9-15(14)26-11-16(21)19-18-10-12-6-5-7-13(17(12)22)20(23)24/h3-10,22H,2,11H2,1H3,(H,19,21)/b18-10-. The monoisotopic (exact) mass is 359 g/mol. The van der Waals surface area contributed by atoms with Crippen LogP contribution in [0.3, 0.4) is 0 Å². The van der Waals surface area contributed by atoms with Crippen molar-refractivity contribution in [2.75, 3.05) is 13.2 Å². The lowest BCUT2D eigenvalue weighted by Gasteiger charge is -2.10. The average molecular weight is 359 g/mol. The third-order valence-electron chi connectivity index (χ3n) is 3.14. The van der Waals surface area contributed by atoms with E-state index in [0.29, 0.717) is 18.1 Å². The number of phenolic OH excluding ortho intramolecular Hbond substituents is 1. The summed E-state index contributed by atoms with van der Waals surface area (Å²) < 4.78 is 10.8. The first kappa shape index (κ1) is 18.7. The number of nitro benzene ring substituents is 1. The molecule has 136 valence electrons. The van der Waals surface area contributed by atoms with Gasteiger partial charge in [0.1, 0.15) is 0 Å². The molecule has 0 spiro atoms. The van der Waals surface area contributed by atoms with Gasteiger partial charge in [-0.2, -0.15) is 5.10 Å². The summed E-state index contributed by atoms with van der Waals surface area (Å²) in [6.07, 6.45) is 1.11. The van der Waals surface area contributed by atoms with Gasteiger partial charge in [-0.15, -0.1) is 0 Å². The molecule has 9 heteroatoms. The molecule has 0 radical (unpaired) electrons. The van der Waals surface area contributed by atoms with Crippen LogP contribution in [-0.4, -0.2) is 35.4 Å². The smallest absolute Gasteiger partial charge is 0.311 e. The van der Waals surface area contributed by atoms with Gasteiger partial charge in [-0.25, -0.2) is 5.43 Å². The van der Waals surface area contributed by atoms with Gasteiger partial charge in [-0.05, 0) is 25.1 Å². The number of hydrogen-bond donors (Lipinski definition) is 2. The van der Waals surface area contributed by atoms with Crippen molar-refractivity contribution < 1.29 is 24.3 Å². The molecule has 0 aliphatic carbocycles. The summed E-state index contributed by atoms with van der Waals surface area (Å²) in [6, 6.07) is 10.9. The van der Waals surface area contributed by atoms with Gasteiger partial charge in [0.15, 0.2) is 18.1 Å². The predicted octanol–water partition coefficient (Wildman–Crippen LogP) is 2.23. The second-order valence-electron chi connectivity index (χ2n) is 4.93. The van der Waals surface area contributed by atoms with E-state index >= 15 is 0 Å². The zero-order valence-electron chi connectivity index (χ0n) is 13.9. The van der Waals surface area contributed by atoms with Crippen LogP contribution in [0.5, 0.6) is 17.2 Å². The van der Waals surface area contributed by atoms with Gasteiger partial charge >= 0.3 is 5.69 Å². The number of ether oxygens (including phenoxy) is 2. The highest BCUT2D eigenvalue weighted by molar-refractivity contribution is 5.87. The molecule has 0 fully saturated rings. The van der Waals surface area contributed by atoms with Crippen LogP contribution >= 0.6 is 0 Å². The highest BCUT2D eigenvalue weighted by atomic mass is 16.6. The lowest BCUT2D eigenvalue weighted by molar-refractivity contribution is -0.385. The summed E-state index contributed by atoms with van der Waals surface area (Å²) in [5, 5.41) is 24.2. The number of amides is 1. The molecule has 0 heterocycles. The first-order valence-electron chi connectivity index (χ1n) is 7.65. The Labute approximate surface area is 149 Å². The number of carbonyl (C=O) groups is 1. The molecule has 0 unspecified atom stereocenters. The molecule has 0 aliphatic rings. The van der Waals surface area contributed by atoms with E-state index in [1.165, 1.54) is 12.1 Å². The molecule has 0 aliphatic heterocycles. The summed E-state index contributed by atoms with van der Waals surface area (Å²) in [5.74, 6) is -0.132. The van der Waals surface area contributed by atoms with Gasteiger partial charge in [0.25, 0.3) is 5.91 Å². The SMILES string of the molecule is CCOc1ccccc1OCC(=O)N/N=C\c1cccc([N+](=O)[O-])c1O. The van der Waals surface area contributed by atoms with Gasteiger partial charge in [0.05, 0.1) is 17.7 Å². The Hall–Kier alpha value is -3.62. The average Bonchev–Trinajstić information content (AvgIpc) is 2.62. The number of hydrazone groups is 1. The maximum atomic E-state index is 11.8. The van der Waals surface area contributed by atoms with Crippen LogP contribution in [-0.2, 0) is 4.79 Å². The number of benzene rings is 2. The maximum Gasteiger partial charge on any atom is 0.311 e. The molecular formula is C17H17N3O6. The molecule has 0 bridgehead atoms. The van der Waals surface area contributed by atoms with E-state index < -0.39 is 22.3 Å². The quantitative estimate of drug-likeness (QED) is 0.423. The topological polar surface area (TPSA) is 123 Å². The van der Waals surface area contributed by atoms with Crippen LogP contribution in [0.15, 0.2) is 47.6 Å². The Kier molecular flexibility index (Phi) is 6.49. The third kappa shape index (κ3) is 4.94. The van der Waals surface area contributed by atoms with Crippen LogP contribution in [0, 0.1) is 10.1 Å². The Morgan fingerprint density at radius 1 is 1.23 bits per heavy atom. The summed E-state index contributed by atoms with van der Waals surface area (Å²) in [7, 11) is 0. The number of rotatable bonds is 8. The van der Waals surface area contributed by atoms with Gasteiger partial charge in [0.2, 0.25) is 5.75 Å². The summed E-state index contributed by atoms with van der Waals surface area (Å²) in [4.78, 5) is 21.8. The molecule has 1 amide bonds. The van der Waals surface area contributed by atoms with Crippen molar-refractivity contribution in [2.24, 2.45) is 5.10 Å². The molecule has 0 atom stereocenters. The molecule has 0 saturated heterocycles. The molecule has 9 nitrogen and oxygen atoms in total. The molecule has 26 heavy (non-hydrogen) atoms. The first-order valence-corrected chi connectivity index (χ1v) is 7.65. The van der Waals surface area contributed by atoms with Crippen LogP contribution in [0.1, 0.15) is 12.5 Å². The van der Waals surface area contributed by atoms with Crippen molar-refractivity contribution in [1.82, 2.24) is 5.43 Å². The Balaban J connectivity index is 1.92. The van der Waals surface area contributed by atoms with Gasteiger partial charge in [-0.1, -0.05) is 18.2 Å². The zero-order valence-corrected chi connectivity index (χ0v) is 13.9. The molecule has 2 aromatic carbocycles. The number of phenols is 1. The van der Waals surface area contributed by atoms with E-state index in [-0.39, 0.29) is 12.2 Å². The van der Waals surface area contributed by atoms with E-state index in [1.807, 2.05) is 6.92 Å². The van der Waals surface area contributed by atoms with E-state index in [1.54, 1.807) is 24.3 Å². The number of nitrogens with zero attached hydrogens (tertiary/aromatic N) is 2. The van der Waals surface area contributed by atoms with Gasteiger partial charge < -0.3 is 14.6 Å². The zero-order chi connectivity index (χ0) is 18.9. The minimum Gasteiger partial charge on any atom is -0.502 e. The fourth-order valence-corrected chi connectivity index (χ4v) is 1.99. The molecular weight excluding hydrogens is 342 g/mol. The largest absolute Gasteiger partial charge is 0.502 e. The Morgan fingerprint density at radius 2 is 1.92 bits per heavy atom. The molecule has 2 aromatic rings. The molecule has 2 N–H and O–H groups in total. The normalized spacial score (nSPS) is 10.5. The van der Waals surface area contributed by atoms with Crippen molar-refractivity contribution >= 4 is 17.8 Å². The van der Waals surface area contributed by atoms with Crippen molar-refractivity contribution in [2.45, 2.75) is 6.92 Å². The van der Waals surface area contributed by atoms with E-state index in [9.17, 15) is 20.0 Å². The minimum absolute atomic E-state index is 0.0992. The van der Waals surface area contributed by atoms with Crippen LogP contribution in [0.4, 0.5) is 5.69 Å². The maximum absolute atomic E-state index is 11.8. The van der Waals surface area contributed by atoms with E-state index in [4.69, 9.17) is 9.47 Å². The number of aromatic hydroxyl groups is 1. The molecule has 0 aromatic heterocycles. The van der Waals surface area contributed by atoms with Crippen LogP contribution in [0.25, 0.3) is 0 Å². The third-order valence-corrected chi connectivity index (χ3v) is 3.14. The van der Waals surface area contributed by atoms with Crippen molar-refractivity contribution in [3.8, 4) is 17.2 Å². The predicted molar refractivity (Wildman–Crippen MR) is 93.6 cm³/mol. The second kappa shape index (κ2) is 9.02. The lowest BCUT2D eigenvalue weighted by atomic mass is 10.2. The fourth-order valence-electron chi connectivity index (χ4n) is 1.99. The lowest BCUT2D eigenvalue weighted by Crippen LogP contribution is -2.24. The van der Waals surface area contributed by atoms with Gasteiger partial charge in [-0.3, -0.25) is 14.9 Å². The van der Waals surface area contributed by atoms with Crippen molar-refractivity contribution in [3.63, 3.8) is 0 Å².